The Balaban J connectivity index is 2.58. The van der Waals surface area contributed by atoms with Gasteiger partial charge in [-0.1, -0.05) is 35.9 Å². The fourth-order valence-electron chi connectivity index (χ4n) is 1.74. The van der Waals surface area contributed by atoms with E-state index in [9.17, 15) is 15.0 Å². The first kappa shape index (κ1) is 12.8. The molecule has 4 N–H and O–H groups in total. The predicted octanol–water partition coefficient (Wildman–Crippen LogP) is 0.768. The van der Waals surface area contributed by atoms with E-state index in [1.54, 1.807) is 24.3 Å². The highest BCUT2D eigenvalue weighted by atomic mass is 35.5. The smallest absolute Gasteiger partial charge is 0.249 e. The Morgan fingerprint density at radius 2 is 1.89 bits per heavy atom. The molecule has 0 fully saturated rings. The number of carbonyl (C=O) groups is 1. The minimum atomic E-state index is -1.68. The molecule has 0 spiro atoms. The van der Waals surface area contributed by atoms with Crippen molar-refractivity contribution < 1.29 is 15.0 Å². The standard InChI is InChI=1S/C12H11ClN2O3/c13-11-7-4-2-1-3-6(7)8(5-15-11)9(16)10(17)12(14)18/h1-5,9-10,16-17H,(H2,14,18). The first-order chi connectivity index (χ1) is 8.52. The van der Waals surface area contributed by atoms with Crippen LogP contribution in [0.15, 0.2) is 30.5 Å². The van der Waals surface area contributed by atoms with Crippen LogP contribution in [0.4, 0.5) is 0 Å². The normalized spacial score (nSPS) is 14.4. The van der Waals surface area contributed by atoms with Crippen LogP contribution in [-0.2, 0) is 4.79 Å². The molecule has 0 bridgehead atoms. The number of aromatic nitrogens is 1. The van der Waals surface area contributed by atoms with E-state index in [0.29, 0.717) is 16.3 Å². The molecule has 0 saturated carbocycles. The SMILES string of the molecule is NC(=O)C(O)C(O)c1cnc(Cl)c2ccccc12. The van der Waals surface area contributed by atoms with Gasteiger partial charge in [-0.3, -0.25) is 4.79 Å². The predicted molar refractivity (Wildman–Crippen MR) is 66.9 cm³/mol. The minimum absolute atomic E-state index is 0.287. The third-order valence-electron chi connectivity index (χ3n) is 2.69. The van der Waals surface area contributed by atoms with Crippen LogP contribution in [0.1, 0.15) is 11.7 Å². The number of rotatable bonds is 3. The summed E-state index contributed by atoms with van der Waals surface area (Å²) >= 11 is 5.93. The molecule has 1 heterocycles. The van der Waals surface area contributed by atoms with E-state index in [2.05, 4.69) is 4.98 Å². The fourth-order valence-corrected chi connectivity index (χ4v) is 1.95. The average Bonchev–Trinajstić information content (AvgIpc) is 2.38. The molecule has 1 aromatic heterocycles. The summed E-state index contributed by atoms with van der Waals surface area (Å²) in [5.41, 5.74) is 5.26. The van der Waals surface area contributed by atoms with E-state index in [-0.39, 0.29) is 5.15 Å². The van der Waals surface area contributed by atoms with Crippen molar-refractivity contribution in [3.8, 4) is 0 Å². The van der Waals surface area contributed by atoms with Crippen LogP contribution in [0.3, 0.4) is 0 Å². The monoisotopic (exact) mass is 266 g/mol. The third kappa shape index (κ3) is 2.15. The highest BCUT2D eigenvalue weighted by molar-refractivity contribution is 6.34. The Kier molecular flexibility index (Phi) is 3.47. The number of aliphatic hydroxyl groups excluding tert-OH is 2. The molecule has 6 heteroatoms. The Labute approximate surface area is 108 Å². The fraction of sp³-hybridized carbons (Fsp3) is 0.167. The largest absolute Gasteiger partial charge is 0.385 e. The summed E-state index contributed by atoms with van der Waals surface area (Å²) in [5, 5.41) is 20.9. The summed E-state index contributed by atoms with van der Waals surface area (Å²) in [5.74, 6) is -0.999. The van der Waals surface area contributed by atoms with Gasteiger partial charge in [-0.25, -0.2) is 4.98 Å². The quantitative estimate of drug-likeness (QED) is 0.715. The van der Waals surface area contributed by atoms with Gasteiger partial charge in [0.2, 0.25) is 5.91 Å². The lowest BCUT2D eigenvalue weighted by molar-refractivity contribution is -0.131. The molecule has 2 atom stereocenters. The molecule has 18 heavy (non-hydrogen) atoms. The molecule has 1 amide bonds. The molecule has 0 aliphatic heterocycles. The molecule has 0 radical (unpaired) electrons. The van der Waals surface area contributed by atoms with Gasteiger partial charge in [0.1, 0.15) is 11.3 Å². The molecule has 2 unspecified atom stereocenters. The van der Waals surface area contributed by atoms with Gasteiger partial charge < -0.3 is 15.9 Å². The summed E-state index contributed by atoms with van der Waals surface area (Å²) in [4.78, 5) is 14.8. The number of halogens is 1. The van der Waals surface area contributed by atoms with Gasteiger partial charge in [-0.05, 0) is 5.39 Å². The Bertz CT molecular complexity index is 603. The van der Waals surface area contributed by atoms with Crippen molar-refractivity contribution in [2.75, 3.05) is 0 Å². The van der Waals surface area contributed by atoms with Crippen molar-refractivity contribution in [1.82, 2.24) is 4.98 Å². The summed E-state index contributed by atoms with van der Waals surface area (Å²) in [7, 11) is 0. The van der Waals surface area contributed by atoms with Crippen molar-refractivity contribution in [3.63, 3.8) is 0 Å². The van der Waals surface area contributed by atoms with Crippen LogP contribution in [0.2, 0.25) is 5.15 Å². The van der Waals surface area contributed by atoms with Crippen molar-refractivity contribution >= 4 is 28.3 Å². The van der Waals surface area contributed by atoms with Gasteiger partial charge in [0.15, 0.2) is 6.10 Å². The number of carbonyl (C=O) groups excluding carboxylic acids is 1. The lowest BCUT2D eigenvalue weighted by Gasteiger charge is -2.17. The lowest BCUT2D eigenvalue weighted by Crippen LogP contribution is -2.34. The number of pyridine rings is 1. The van der Waals surface area contributed by atoms with Gasteiger partial charge in [-0.2, -0.15) is 0 Å². The number of nitrogens with two attached hydrogens (primary N) is 1. The maximum atomic E-state index is 10.9. The molecule has 0 saturated heterocycles. The number of primary amides is 1. The van der Waals surface area contributed by atoms with Gasteiger partial charge >= 0.3 is 0 Å². The van der Waals surface area contributed by atoms with Crippen LogP contribution in [0.5, 0.6) is 0 Å². The summed E-state index contributed by atoms with van der Waals surface area (Å²) in [6.45, 7) is 0. The summed E-state index contributed by atoms with van der Waals surface area (Å²) in [6, 6.07) is 6.98. The number of nitrogens with zero attached hydrogens (tertiary/aromatic N) is 1. The second-order valence-corrected chi connectivity index (χ2v) is 4.20. The molecule has 1 aromatic carbocycles. The topological polar surface area (TPSA) is 96.4 Å². The average molecular weight is 267 g/mol. The summed E-state index contributed by atoms with van der Waals surface area (Å²) in [6.07, 6.45) is -1.80. The maximum absolute atomic E-state index is 10.9. The van der Waals surface area contributed by atoms with E-state index in [1.807, 2.05) is 0 Å². The van der Waals surface area contributed by atoms with Crippen LogP contribution in [0, 0.1) is 0 Å². The molecule has 94 valence electrons. The Morgan fingerprint density at radius 3 is 2.50 bits per heavy atom. The second-order valence-electron chi connectivity index (χ2n) is 3.84. The van der Waals surface area contributed by atoms with Crippen LogP contribution in [-0.4, -0.2) is 27.2 Å². The molecule has 2 rings (SSSR count). The van der Waals surface area contributed by atoms with Crippen LogP contribution < -0.4 is 5.73 Å². The Morgan fingerprint density at radius 1 is 1.28 bits per heavy atom. The zero-order chi connectivity index (χ0) is 13.3. The van der Waals surface area contributed by atoms with Crippen LogP contribution >= 0.6 is 11.6 Å². The second kappa shape index (κ2) is 4.89. The zero-order valence-corrected chi connectivity index (χ0v) is 10.0. The maximum Gasteiger partial charge on any atom is 0.249 e. The highest BCUT2D eigenvalue weighted by Gasteiger charge is 2.25. The van der Waals surface area contributed by atoms with E-state index < -0.39 is 18.1 Å². The number of aliphatic hydroxyl groups is 2. The zero-order valence-electron chi connectivity index (χ0n) is 9.25. The lowest BCUT2D eigenvalue weighted by atomic mass is 10.00. The first-order valence-electron chi connectivity index (χ1n) is 5.21. The molecular weight excluding hydrogens is 256 g/mol. The van der Waals surface area contributed by atoms with Crippen molar-refractivity contribution in [3.05, 3.63) is 41.2 Å². The minimum Gasteiger partial charge on any atom is -0.385 e. The van der Waals surface area contributed by atoms with E-state index in [1.165, 1.54) is 6.20 Å². The summed E-state index contributed by atoms with van der Waals surface area (Å²) < 4.78 is 0. The van der Waals surface area contributed by atoms with Gasteiger partial charge in [0, 0.05) is 17.1 Å². The van der Waals surface area contributed by atoms with E-state index in [4.69, 9.17) is 17.3 Å². The van der Waals surface area contributed by atoms with Gasteiger partial charge in [-0.15, -0.1) is 0 Å². The van der Waals surface area contributed by atoms with Crippen molar-refractivity contribution in [1.29, 1.82) is 0 Å². The number of hydrogen-bond acceptors (Lipinski definition) is 4. The van der Waals surface area contributed by atoms with Crippen LogP contribution in [0.25, 0.3) is 10.8 Å². The molecule has 2 aromatic rings. The van der Waals surface area contributed by atoms with E-state index >= 15 is 0 Å². The molecule has 5 nitrogen and oxygen atoms in total. The van der Waals surface area contributed by atoms with E-state index in [0.717, 1.165) is 0 Å². The number of benzene rings is 1. The van der Waals surface area contributed by atoms with Gasteiger partial charge in [0.25, 0.3) is 0 Å². The molecular formula is C12H11ClN2O3. The number of fused-ring (bicyclic) bond motifs is 1. The number of hydrogen-bond donors (Lipinski definition) is 3. The molecule has 0 aliphatic carbocycles. The molecule has 0 aliphatic rings. The first-order valence-corrected chi connectivity index (χ1v) is 5.58. The Hall–Kier alpha value is -1.69. The van der Waals surface area contributed by atoms with Gasteiger partial charge in [0.05, 0.1) is 0 Å². The number of amides is 1. The van der Waals surface area contributed by atoms with Crippen molar-refractivity contribution in [2.45, 2.75) is 12.2 Å². The van der Waals surface area contributed by atoms with Crippen molar-refractivity contribution in [2.24, 2.45) is 5.73 Å². The third-order valence-corrected chi connectivity index (χ3v) is 2.99. The highest BCUT2D eigenvalue weighted by Crippen LogP contribution is 2.29.